The van der Waals surface area contributed by atoms with E-state index in [0.29, 0.717) is 21.5 Å². The van der Waals surface area contributed by atoms with Gasteiger partial charge >= 0.3 is 0 Å². The molecule has 29 heavy (non-hydrogen) atoms. The third-order valence-corrected chi connectivity index (χ3v) is 4.97. The smallest absolute Gasteiger partial charge is 0.255 e. The standard InChI is InChI=1S/C20H20N4O4S/c1-12(21-18(26)15-6-4-5-7-16(15)28-3)17(25)22-20-24-23-19(29-20)13-8-10-14(27-2)11-9-13/h4-12H,1-3H3,(H,21,26)(H,22,24,25). The molecule has 1 heterocycles. The van der Waals surface area contributed by atoms with E-state index in [1.54, 1.807) is 38.3 Å². The number of benzene rings is 2. The molecule has 0 aliphatic heterocycles. The first-order valence-corrected chi connectivity index (χ1v) is 9.56. The van der Waals surface area contributed by atoms with Gasteiger partial charge in [0.15, 0.2) is 0 Å². The molecule has 150 valence electrons. The zero-order chi connectivity index (χ0) is 20.8. The second-order valence-electron chi connectivity index (χ2n) is 6.03. The maximum absolute atomic E-state index is 12.4. The molecule has 0 saturated heterocycles. The SMILES string of the molecule is COc1ccc(-c2nnc(NC(=O)C(C)NC(=O)c3ccccc3OC)s2)cc1. The van der Waals surface area contributed by atoms with E-state index in [-0.39, 0.29) is 0 Å². The van der Waals surface area contributed by atoms with Gasteiger partial charge in [0.2, 0.25) is 11.0 Å². The number of methoxy groups -OCH3 is 2. The van der Waals surface area contributed by atoms with Crippen LogP contribution in [0.4, 0.5) is 5.13 Å². The fourth-order valence-corrected chi connectivity index (χ4v) is 3.26. The van der Waals surface area contributed by atoms with Crippen LogP contribution in [-0.4, -0.2) is 42.3 Å². The van der Waals surface area contributed by atoms with Crippen LogP contribution in [-0.2, 0) is 4.79 Å². The highest BCUT2D eigenvalue weighted by molar-refractivity contribution is 7.18. The average Bonchev–Trinajstić information content (AvgIpc) is 3.22. The number of carbonyl (C=O) groups excluding carboxylic acids is 2. The fourth-order valence-electron chi connectivity index (χ4n) is 2.51. The summed E-state index contributed by atoms with van der Waals surface area (Å²) in [6.45, 7) is 1.59. The number of nitrogens with zero attached hydrogens (tertiary/aromatic N) is 2. The van der Waals surface area contributed by atoms with E-state index in [1.165, 1.54) is 18.4 Å². The van der Waals surface area contributed by atoms with Gasteiger partial charge in [0.05, 0.1) is 19.8 Å². The van der Waals surface area contributed by atoms with E-state index >= 15 is 0 Å². The summed E-state index contributed by atoms with van der Waals surface area (Å²) in [5, 5.41) is 14.4. The lowest BCUT2D eigenvalue weighted by Gasteiger charge is -2.14. The molecular formula is C20H20N4O4S. The summed E-state index contributed by atoms with van der Waals surface area (Å²) in [6, 6.07) is 13.4. The number of amides is 2. The largest absolute Gasteiger partial charge is 0.497 e. The highest BCUT2D eigenvalue weighted by Gasteiger charge is 2.20. The van der Waals surface area contributed by atoms with Crippen LogP contribution >= 0.6 is 11.3 Å². The van der Waals surface area contributed by atoms with Crippen molar-refractivity contribution in [2.24, 2.45) is 0 Å². The minimum absolute atomic E-state index is 0.346. The number of rotatable bonds is 7. The van der Waals surface area contributed by atoms with Crippen molar-refractivity contribution in [3.8, 4) is 22.1 Å². The van der Waals surface area contributed by atoms with Crippen LogP contribution in [0.5, 0.6) is 11.5 Å². The van der Waals surface area contributed by atoms with E-state index in [0.717, 1.165) is 11.3 Å². The first kappa shape index (κ1) is 20.3. The number of hydrogen-bond acceptors (Lipinski definition) is 7. The van der Waals surface area contributed by atoms with Crippen molar-refractivity contribution < 1.29 is 19.1 Å². The van der Waals surface area contributed by atoms with E-state index in [9.17, 15) is 9.59 Å². The quantitative estimate of drug-likeness (QED) is 0.619. The van der Waals surface area contributed by atoms with Crippen LogP contribution in [0, 0.1) is 0 Å². The molecular weight excluding hydrogens is 392 g/mol. The van der Waals surface area contributed by atoms with Crippen molar-refractivity contribution in [3.63, 3.8) is 0 Å². The van der Waals surface area contributed by atoms with E-state index in [4.69, 9.17) is 9.47 Å². The van der Waals surface area contributed by atoms with Gasteiger partial charge in [0.25, 0.3) is 5.91 Å². The number of anilines is 1. The Kier molecular flexibility index (Phi) is 6.40. The molecule has 0 bridgehead atoms. The normalized spacial score (nSPS) is 11.4. The van der Waals surface area contributed by atoms with Crippen molar-refractivity contribution in [3.05, 3.63) is 54.1 Å². The molecule has 3 rings (SSSR count). The van der Waals surface area contributed by atoms with Crippen molar-refractivity contribution in [1.82, 2.24) is 15.5 Å². The third-order valence-electron chi connectivity index (χ3n) is 4.08. The topological polar surface area (TPSA) is 102 Å². The first-order chi connectivity index (χ1) is 14.0. The van der Waals surface area contributed by atoms with E-state index in [2.05, 4.69) is 20.8 Å². The summed E-state index contributed by atoms with van der Waals surface area (Å²) in [6.07, 6.45) is 0. The average molecular weight is 412 g/mol. The summed E-state index contributed by atoms with van der Waals surface area (Å²) >= 11 is 1.24. The van der Waals surface area contributed by atoms with Crippen LogP contribution < -0.4 is 20.1 Å². The van der Waals surface area contributed by atoms with Crippen LogP contribution in [0.2, 0.25) is 0 Å². The maximum Gasteiger partial charge on any atom is 0.255 e. The Morgan fingerprint density at radius 2 is 1.72 bits per heavy atom. The molecule has 2 amide bonds. The minimum atomic E-state index is -0.777. The Hall–Kier alpha value is -3.46. The van der Waals surface area contributed by atoms with Gasteiger partial charge < -0.3 is 14.8 Å². The Labute approximate surface area is 171 Å². The molecule has 8 nitrogen and oxygen atoms in total. The molecule has 0 spiro atoms. The molecule has 1 unspecified atom stereocenters. The van der Waals surface area contributed by atoms with Crippen LogP contribution in [0.3, 0.4) is 0 Å². The molecule has 3 aromatic rings. The van der Waals surface area contributed by atoms with E-state index in [1.807, 2.05) is 24.3 Å². The lowest BCUT2D eigenvalue weighted by Crippen LogP contribution is -2.41. The van der Waals surface area contributed by atoms with Gasteiger partial charge in [-0.3, -0.25) is 14.9 Å². The lowest BCUT2D eigenvalue weighted by atomic mass is 10.1. The van der Waals surface area contributed by atoms with Gasteiger partial charge in [-0.2, -0.15) is 0 Å². The molecule has 0 fully saturated rings. The predicted molar refractivity (Wildman–Crippen MR) is 110 cm³/mol. The zero-order valence-corrected chi connectivity index (χ0v) is 16.9. The number of carbonyl (C=O) groups is 2. The Bertz CT molecular complexity index is 1000. The molecule has 0 saturated carbocycles. The van der Waals surface area contributed by atoms with Gasteiger partial charge in [0.1, 0.15) is 22.5 Å². The fraction of sp³-hybridized carbons (Fsp3) is 0.200. The van der Waals surface area contributed by atoms with Crippen molar-refractivity contribution >= 4 is 28.3 Å². The summed E-state index contributed by atoms with van der Waals surface area (Å²) < 4.78 is 10.3. The Morgan fingerprint density at radius 1 is 1.00 bits per heavy atom. The minimum Gasteiger partial charge on any atom is -0.497 e. The highest BCUT2D eigenvalue weighted by Crippen LogP contribution is 2.27. The number of aromatic nitrogens is 2. The highest BCUT2D eigenvalue weighted by atomic mass is 32.1. The van der Waals surface area contributed by atoms with Crippen LogP contribution in [0.1, 0.15) is 17.3 Å². The second kappa shape index (κ2) is 9.16. The number of hydrogen-bond donors (Lipinski definition) is 2. The molecule has 2 N–H and O–H groups in total. The monoisotopic (exact) mass is 412 g/mol. The Balaban J connectivity index is 1.62. The van der Waals surface area contributed by atoms with Crippen LogP contribution in [0.15, 0.2) is 48.5 Å². The molecule has 0 aliphatic rings. The third kappa shape index (κ3) is 4.88. The molecule has 0 radical (unpaired) electrons. The summed E-state index contributed by atoms with van der Waals surface area (Å²) in [7, 11) is 3.08. The van der Waals surface area contributed by atoms with Gasteiger partial charge in [-0.1, -0.05) is 23.5 Å². The zero-order valence-electron chi connectivity index (χ0n) is 16.1. The van der Waals surface area contributed by atoms with Gasteiger partial charge in [-0.15, -0.1) is 10.2 Å². The maximum atomic E-state index is 12.4. The van der Waals surface area contributed by atoms with Gasteiger partial charge in [0, 0.05) is 5.56 Å². The van der Waals surface area contributed by atoms with Crippen molar-refractivity contribution in [2.45, 2.75) is 13.0 Å². The molecule has 2 aromatic carbocycles. The van der Waals surface area contributed by atoms with Crippen molar-refractivity contribution in [2.75, 3.05) is 19.5 Å². The summed E-state index contributed by atoms with van der Waals surface area (Å²) in [5.74, 6) is 0.379. The van der Waals surface area contributed by atoms with Gasteiger partial charge in [-0.05, 0) is 43.3 Å². The predicted octanol–water partition coefficient (Wildman–Crippen LogP) is 2.98. The number of nitrogens with one attached hydrogen (secondary N) is 2. The molecule has 0 aliphatic carbocycles. The van der Waals surface area contributed by atoms with E-state index < -0.39 is 17.9 Å². The number of ether oxygens (including phenoxy) is 2. The van der Waals surface area contributed by atoms with Crippen molar-refractivity contribution in [1.29, 1.82) is 0 Å². The van der Waals surface area contributed by atoms with Gasteiger partial charge in [-0.25, -0.2) is 0 Å². The second-order valence-corrected chi connectivity index (χ2v) is 7.00. The summed E-state index contributed by atoms with van der Waals surface area (Å²) in [5.41, 5.74) is 1.22. The number of para-hydroxylation sites is 1. The first-order valence-electron chi connectivity index (χ1n) is 8.74. The summed E-state index contributed by atoms with van der Waals surface area (Å²) in [4.78, 5) is 24.9. The molecule has 1 atom stereocenters. The Morgan fingerprint density at radius 3 is 2.41 bits per heavy atom. The molecule has 1 aromatic heterocycles. The molecule has 9 heteroatoms. The van der Waals surface area contributed by atoms with Crippen LogP contribution in [0.25, 0.3) is 10.6 Å². The lowest BCUT2D eigenvalue weighted by molar-refractivity contribution is -0.117.